The molecule has 0 spiro atoms. The van der Waals surface area contributed by atoms with Crippen molar-refractivity contribution in [2.45, 2.75) is 18.9 Å². The van der Waals surface area contributed by atoms with E-state index in [4.69, 9.17) is 0 Å². The summed E-state index contributed by atoms with van der Waals surface area (Å²) >= 11 is 0. The maximum Gasteiger partial charge on any atom is 0.277 e. The predicted octanol–water partition coefficient (Wildman–Crippen LogP) is 2.92. The van der Waals surface area contributed by atoms with Gasteiger partial charge in [-0.05, 0) is 24.0 Å². The number of nitro benzene ring substituents is 2. The van der Waals surface area contributed by atoms with Gasteiger partial charge < -0.3 is 5.32 Å². The van der Waals surface area contributed by atoms with Crippen molar-refractivity contribution in [2.24, 2.45) is 0 Å². The smallest absolute Gasteiger partial charge is 0.277 e. The van der Waals surface area contributed by atoms with Gasteiger partial charge in [0.2, 0.25) is 0 Å². The Morgan fingerprint density at radius 2 is 1.67 bits per heavy atom. The van der Waals surface area contributed by atoms with Crippen LogP contribution < -0.4 is 5.32 Å². The number of aryl methyl sites for hydroxylation is 1. The van der Waals surface area contributed by atoms with Crippen molar-refractivity contribution in [2.75, 3.05) is 0 Å². The third kappa shape index (κ3) is 2.94. The SMILES string of the molecule is O=C(NC1CCc2ccccc21)c1cc([N+](=O)[O-])cc([N+](=O)[O-])c1. The summed E-state index contributed by atoms with van der Waals surface area (Å²) < 4.78 is 0. The van der Waals surface area contributed by atoms with Crippen LogP contribution in [0.5, 0.6) is 0 Å². The van der Waals surface area contributed by atoms with Gasteiger partial charge in [0.25, 0.3) is 17.3 Å². The van der Waals surface area contributed by atoms with Crippen LogP contribution in [-0.2, 0) is 6.42 Å². The number of hydrogen-bond acceptors (Lipinski definition) is 5. The third-order valence-corrected chi connectivity index (χ3v) is 4.02. The summed E-state index contributed by atoms with van der Waals surface area (Å²) in [6.07, 6.45) is 1.55. The molecule has 24 heavy (non-hydrogen) atoms. The maximum absolute atomic E-state index is 12.4. The lowest BCUT2D eigenvalue weighted by Gasteiger charge is -2.14. The van der Waals surface area contributed by atoms with Crippen molar-refractivity contribution in [1.29, 1.82) is 0 Å². The second-order valence-corrected chi connectivity index (χ2v) is 5.52. The molecule has 1 unspecified atom stereocenters. The van der Waals surface area contributed by atoms with Gasteiger partial charge in [0.15, 0.2) is 0 Å². The molecule has 1 atom stereocenters. The van der Waals surface area contributed by atoms with Gasteiger partial charge in [0.1, 0.15) is 0 Å². The van der Waals surface area contributed by atoms with E-state index < -0.39 is 27.1 Å². The van der Waals surface area contributed by atoms with E-state index >= 15 is 0 Å². The van der Waals surface area contributed by atoms with Crippen LogP contribution in [0.2, 0.25) is 0 Å². The fraction of sp³-hybridized carbons (Fsp3) is 0.188. The normalized spacial score (nSPS) is 15.6. The van der Waals surface area contributed by atoms with Crippen molar-refractivity contribution < 1.29 is 14.6 Å². The monoisotopic (exact) mass is 327 g/mol. The van der Waals surface area contributed by atoms with Crippen LogP contribution in [0, 0.1) is 20.2 Å². The molecule has 122 valence electrons. The molecule has 3 rings (SSSR count). The molecule has 0 radical (unpaired) electrons. The minimum atomic E-state index is -0.755. The van der Waals surface area contributed by atoms with Crippen molar-refractivity contribution in [1.82, 2.24) is 5.32 Å². The molecule has 0 saturated heterocycles. The largest absolute Gasteiger partial charge is 0.345 e. The first kappa shape index (κ1) is 15.6. The van der Waals surface area contributed by atoms with Crippen LogP contribution in [0.4, 0.5) is 11.4 Å². The van der Waals surface area contributed by atoms with Gasteiger partial charge in [-0.25, -0.2) is 0 Å². The quantitative estimate of drug-likeness (QED) is 0.684. The standard InChI is InChI=1S/C16H13N3O5/c20-16(17-15-6-5-10-3-1-2-4-14(10)15)11-7-12(18(21)22)9-13(8-11)19(23)24/h1-4,7-9,15H,5-6H2,(H,17,20). The molecule has 0 heterocycles. The van der Waals surface area contributed by atoms with Crippen LogP contribution in [-0.4, -0.2) is 15.8 Å². The van der Waals surface area contributed by atoms with Crippen LogP contribution in [0.1, 0.15) is 33.9 Å². The van der Waals surface area contributed by atoms with Gasteiger partial charge >= 0.3 is 0 Å². The molecule has 1 amide bonds. The van der Waals surface area contributed by atoms with Gasteiger partial charge in [-0.1, -0.05) is 24.3 Å². The highest BCUT2D eigenvalue weighted by Crippen LogP contribution is 2.31. The maximum atomic E-state index is 12.4. The molecule has 1 aliphatic carbocycles. The summed E-state index contributed by atoms with van der Waals surface area (Å²) in [6.45, 7) is 0. The average molecular weight is 327 g/mol. The number of nitro groups is 2. The number of benzene rings is 2. The van der Waals surface area contributed by atoms with Crippen LogP contribution in [0.3, 0.4) is 0 Å². The molecule has 0 aromatic heterocycles. The number of amides is 1. The molecule has 1 aliphatic rings. The van der Waals surface area contributed by atoms with E-state index in [1.54, 1.807) is 0 Å². The lowest BCUT2D eigenvalue weighted by atomic mass is 10.1. The highest BCUT2D eigenvalue weighted by Gasteiger charge is 2.26. The Bertz CT molecular complexity index is 817. The summed E-state index contributed by atoms with van der Waals surface area (Å²) in [7, 11) is 0. The average Bonchev–Trinajstić information content (AvgIpc) is 2.97. The molecule has 8 nitrogen and oxygen atoms in total. The minimum absolute atomic E-state index is 0.0970. The van der Waals surface area contributed by atoms with Gasteiger partial charge in [0.05, 0.1) is 27.5 Å². The zero-order valence-electron chi connectivity index (χ0n) is 12.5. The molecular weight excluding hydrogens is 314 g/mol. The van der Waals surface area contributed by atoms with Gasteiger partial charge in [-0.2, -0.15) is 0 Å². The minimum Gasteiger partial charge on any atom is -0.345 e. The Morgan fingerprint density at radius 1 is 1.04 bits per heavy atom. The van der Waals surface area contributed by atoms with E-state index in [0.29, 0.717) is 0 Å². The third-order valence-electron chi connectivity index (χ3n) is 4.02. The highest BCUT2D eigenvalue weighted by atomic mass is 16.6. The summed E-state index contributed by atoms with van der Waals surface area (Å²) in [5.41, 5.74) is 1.08. The molecule has 2 aromatic carbocycles. The van der Waals surface area contributed by atoms with Gasteiger partial charge in [-0.15, -0.1) is 0 Å². The Kier molecular flexibility index (Phi) is 3.95. The summed E-state index contributed by atoms with van der Waals surface area (Å²) in [5.74, 6) is -0.566. The lowest BCUT2D eigenvalue weighted by Crippen LogP contribution is -2.27. The number of fused-ring (bicyclic) bond motifs is 1. The molecule has 1 N–H and O–H groups in total. The van der Waals surface area contributed by atoms with Gasteiger partial charge in [0, 0.05) is 12.1 Å². The first-order valence-electron chi connectivity index (χ1n) is 7.28. The first-order valence-corrected chi connectivity index (χ1v) is 7.28. The van der Waals surface area contributed by atoms with Crippen molar-refractivity contribution in [3.8, 4) is 0 Å². The van der Waals surface area contributed by atoms with Gasteiger partial charge in [-0.3, -0.25) is 25.0 Å². The van der Waals surface area contributed by atoms with E-state index in [1.807, 2.05) is 24.3 Å². The molecule has 0 fully saturated rings. The Labute approximate surface area is 136 Å². The number of carbonyl (C=O) groups is 1. The fourth-order valence-corrected chi connectivity index (χ4v) is 2.89. The molecule has 0 saturated carbocycles. The zero-order chi connectivity index (χ0) is 17.3. The van der Waals surface area contributed by atoms with Crippen molar-refractivity contribution in [3.63, 3.8) is 0 Å². The molecule has 8 heteroatoms. The lowest BCUT2D eigenvalue weighted by molar-refractivity contribution is -0.394. The molecule has 0 aliphatic heterocycles. The number of carbonyl (C=O) groups excluding carboxylic acids is 1. The van der Waals surface area contributed by atoms with E-state index in [9.17, 15) is 25.0 Å². The van der Waals surface area contributed by atoms with E-state index in [0.717, 1.165) is 42.2 Å². The number of nitrogens with zero attached hydrogens (tertiary/aromatic N) is 2. The topological polar surface area (TPSA) is 115 Å². The Balaban J connectivity index is 1.88. The Hall–Kier alpha value is -3.29. The van der Waals surface area contributed by atoms with E-state index in [-0.39, 0.29) is 11.6 Å². The van der Waals surface area contributed by atoms with Crippen LogP contribution >= 0.6 is 0 Å². The summed E-state index contributed by atoms with van der Waals surface area (Å²) in [4.78, 5) is 32.7. The number of hydrogen-bond donors (Lipinski definition) is 1. The van der Waals surface area contributed by atoms with E-state index in [2.05, 4.69) is 5.32 Å². The number of non-ortho nitro benzene ring substituents is 2. The number of rotatable bonds is 4. The second-order valence-electron chi connectivity index (χ2n) is 5.52. The van der Waals surface area contributed by atoms with E-state index in [1.165, 1.54) is 0 Å². The van der Waals surface area contributed by atoms with Crippen LogP contribution in [0.15, 0.2) is 42.5 Å². The summed E-state index contributed by atoms with van der Waals surface area (Å²) in [6, 6.07) is 10.4. The van der Waals surface area contributed by atoms with Crippen LogP contribution in [0.25, 0.3) is 0 Å². The van der Waals surface area contributed by atoms with Crippen molar-refractivity contribution in [3.05, 3.63) is 79.4 Å². The highest BCUT2D eigenvalue weighted by molar-refractivity contribution is 5.96. The summed E-state index contributed by atoms with van der Waals surface area (Å²) in [5, 5.41) is 24.6. The number of nitrogens with one attached hydrogen (secondary N) is 1. The first-order chi connectivity index (χ1) is 11.5. The Morgan fingerprint density at radius 3 is 2.29 bits per heavy atom. The zero-order valence-corrected chi connectivity index (χ0v) is 12.5. The predicted molar refractivity (Wildman–Crippen MR) is 84.7 cm³/mol. The molecular formula is C16H13N3O5. The molecule has 0 bridgehead atoms. The fourth-order valence-electron chi connectivity index (χ4n) is 2.89. The molecule has 2 aromatic rings. The second kappa shape index (κ2) is 6.07. The van der Waals surface area contributed by atoms with Crippen molar-refractivity contribution >= 4 is 17.3 Å².